The highest BCUT2D eigenvalue weighted by molar-refractivity contribution is 5.25. The molecule has 0 radical (unpaired) electrons. The van der Waals surface area contributed by atoms with E-state index < -0.39 is 6.43 Å². The summed E-state index contributed by atoms with van der Waals surface area (Å²) < 4.78 is 24.4. The Morgan fingerprint density at radius 3 is 2.89 bits per heavy atom. The number of aryl methyl sites for hydroxylation is 1. The van der Waals surface area contributed by atoms with Gasteiger partial charge in [-0.25, -0.2) is 8.78 Å². The van der Waals surface area contributed by atoms with Crippen molar-refractivity contribution < 1.29 is 8.78 Å². The van der Waals surface area contributed by atoms with Crippen molar-refractivity contribution in [3.8, 4) is 0 Å². The van der Waals surface area contributed by atoms with E-state index in [-0.39, 0.29) is 12.6 Å². The van der Waals surface area contributed by atoms with Crippen LogP contribution in [-0.4, -0.2) is 37.0 Å². The van der Waals surface area contributed by atoms with Crippen molar-refractivity contribution in [3.05, 3.63) is 35.4 Å². The highest BCUT2D eigenvalue weighted by atomic mass is 19.3. The maximum absolute atomic E-state index is 12.2. The number of hydrogen-bond donors (Lipinski definition) is 1. The lowest BCUT2D eigenvalue weighted by Crippen LogP contribution is -2.46. The Morgan fingerprint density at radius 1 is 1.37 bits per heavy atom. The standard InChI is InChI=1S/C15H22F2N2/c1-12-5-2-3-6-13(12)10-19-8-4-7-14(11-19)18-9-15(16)17/h2-3,5-6,14-15,18H,4,7-11H2,1H3. The van der Waals surface area contributed by atoms with Crippen LogP contribution < -0.4 is 5.32 Å². The van der Waals surface area contributed by atoms with Crippen molar-refractivity contribution in [1.82, 2.24) is 10.2 Å². The Kier molecular flexibility index (Phi) is 5.28. The van der Waals surface area contributed by atoms with E-state index in [4.69, 9.17) is 0 Å². The van der Waals surface area contributed by atoms with Gasteiger partial charge in [-0.15, -0.1) is 0 Å². The third-order valence-electron chi connectivity index (χ3n) is 3.72. The fourth-order valence-electron chi connectivity index (χ4n) is 2.65. The number of piperidine rings is 1. The van der Waals surface area contributed by atoms with Crippen LogP contribution in [0.15, 0.2) is 24.3 Å². The average molecular weight is 268 g/mol. The van der Waals surface area contributed by atoms with Crippen LogP contribution >= 0.6 is 0 Å². The number of halogens is 2. The fourth-order valence-corrected chi connectivity index (χ4v) is 2.65. The van der Waals surface area contributed by atoms with Gasteiger partial charge in [-0.1, -0.05) is 24.3 Å². The molecule has 0 spiro atoms. The number of benzene rings is 1. The largest absolute Gasteiger partial charge is 0.307 e. The Bertz CT molecular complexity index is 395. The van der Waals surface area contributed by atoms with E-state index in [1.54, 1.807) is 0 Å². The summed E-state index contributed by atoms with van der Waals surface area (Å²) in [5, 5.41) is 2.96. The van der Waals surface area contributed by atoms with Crippen LogP contribution in [0.5, 0.6) is 0 Å². The molecule has 0 aromatic heterocycles. The first-order chi connectivity index (χ1) is 9.15. The SMILES string of the molecule is Cc1ccccc1CN1CCCC(NCC(F)F)C1. The number of alkyl halides is 2. The molecule has 0 aliphatic carbocycles. The summed E-state index contributed by atoms with van der Waals surface area (Å²) >= 11 is 0. The molecule has 1 saturated heterocycles. The van der Waals surface area contributed by atoms with E-state index in [1.165, 1.54) is 11.1 Å². The van der Waals surface area contributed by atoms with Crippen LogP contribution in [0.3, 0.4) is 0 Å². The zero-order chi connectivity index (χ0) is 13.7. The van der Waals surface area contributed by atoms with E-state index in [0.29, 0.717) is 0 Å². The molecule has 19 heavy (non-hydrogen) atoms. The summed E-state index contributed by atoms with van der Waals surface area (Å²) in [5.41, 5.74) is 2.63. The van der Waals surface area contributed by atoms with Gasteiger partial charge in [-0.3, -0.25) is 4.90 Å². The highest BCUT2D eigenvalue weighted by Crippen LogP contribution is 2.16. The molecule has 1 aromatic rings. The number of hydrogen-bond acceptors (Lipinski definition) is 2. The molecular formula is C15H22F2N2. The molecule has 0 amide bonds. The summed E-state index contributed by atoms with van der Waals surface area (Å²) in [5.74, 6) is 0. The van der Waals surface area contributed by atoms with Gasteiger partial charge < -0.3 is 5.32 Å². The van der Waals surface area contributed by atoms with Gasteiger partial charge in [-0.05, 0) is 37.4 Å². The first kappa shape index (κ1) is 14.4. The van der Waals surface area contributed by atoms with E-state index >= 15 is 0 Å². The minimum atomic E-state index is -2.26. The molecule has 1 N–H and O–H groups in total. The molecule has 1 heterocycles. The Hall–Kier alpha value is -1.00. The number of nitrogens with zero attached hydrogens (tertiary/aromatic N) is 1. The molecule has 1 aliphatic rings. The monoisotopic (exact) mass is 268 g/mol. The minimum absolute atomic E-state index is 0.192. The van der Waals surface area contributed by atoms with E-state index in [2.05, 4.69) is 35.3 Å². The predicted octanol–water partition coefficient (Wildman–Crippen LogP) is 2.81. The van der Waals surface area contributed by atoms with Gasteiger partial charge in [0.25, 0.3) is 6.43 Å². The lowest BCUT2D eigenvalue weighted by atomic mass is 10.0. The van der Waals surface area contributed by atoms with Crippen LogP contribution in [0.25, 0.3) is 0 Å². The lowest BCUT2D eigenvalue weighted by Gasteiger charge is -2.33. The second-order valence-electron chi connectivity index (χ2n) is 5.30. The van der Waals surface area contributed by atoms with Gasteiger partial charge >= 0.3 is 0 Å². The van der Waals surface area contributed by atoms with Gasteiger partial charge in [0.1, 0.15) is 0 Å². The molecule has 4 heteroatoms. The number of likely N-dealkylation sites (tertiary alicyclic amines) is 1. The molecule has 2 rings (SSSR count). The highest BCUT2D eigenvalue weighted by Gasteiger charge is 2.20. The van der Waals surface area contributed by atoms with E-state index in [9.17, 15) is 8.78 Å². The van der Waals surface area contributed by atoms with Crippen LogP contribution in [0.1, 0.15) is 24.0 Å². The maximum Gasteiger partial charge on any atom is 0.250 e. The molecule has 1 aromatic carbocycles. The van der Waals surface area contributed by atoms with Gasteiger partial charge in [0.05, 0.1) is 6.54 Å². The zero-order valence-electron chi connectivity index (χ0n) is 11.4. The van der Waals surface area contributed by atoms with Crippen molar-refractivity contribution in [1.29, 1.82) is 0 Å². The van der Waals surface area contributed by atoms with Crippen molar-refractivity contribution in [2.75, 3.05) is 19.6 Å². The summed E-state index contributed by atoms with van der Waals surface area (Å²) in [6.45, 7) is 4.76. The average Bonchev–Trinajstić information content (AvgIpc) is 2.40. The zero-order valence-corrected chi connectivity index (χ0v) is 11.4. The molecule has 106 valence electrons. The molecule has 2 nitrogen and oxygen atoms in total. The summed E-state index contributed by atoms with van der Waals surface area (Å²) in [6.07, 6.45) is -0.184. The van der Waals surface area contributed by atoms with Gasteiger partial charge in [0.2, 0.25) is 0 Å². The molecule has 0 saturated carbocycles. The quantitative estimate of drug-likeness (QED) is 0.883. The van der Waals surface area contributed by atoms with Crippen LogP contribution in [0, 0.1) is 6.92 Å². The van der Waals surface area contributed by atoms with Crippen molar-refractivity contribution in [2.24, 2.45) is 0 Å². The third-order valence-corrected chi connectivity index (χ3v) is 3.72. The first-order valence-electron chi connectivity index (χ1n) is 6.93. The summed E-state index contributed by atoms with van der Waals surface area (Å²) in [7, 11) is 0. The summed E-state index contributed by atoms with van der Waals surface area (Å²) in [6, 6.07) is 8.56. The fraction of sp³-hybridized carbons (Fsp3) is 0.600. The molecule has 1 fully saturated rings. The lowest BCUT2D eigenvalue weighted by molar-refractivity contribution is 0.124. The number of nitrogens with one attached hydrogen (secondary N) is 1. The minimum Gasteiger partial charge on any atom is -0.307 e. The molecule has 0 bridgehead atoms. The summed E-state index contributed by atoms with van der Waals surface area (Å²) in [4.78, 5) is 2.36. The van der Waals surface area contributed by atoms with E-state index in [1.807, 2.05) is 6.07 Å². The topological polar surface area (TPSA) is 15.3 Å². The normalized spacial score (nSPS) is 20.9. The van der Waals surface area contributed by atoms with Crippen molar-refractivity contribution in [3.63, 3.8) is 0 Å². The van der Waals surface area contributed by atoms with Crippen LogP contribution in [0.4, 0.5) is 8.78 Å². The van der Waals surface area contributed by atoms with Crippen LogP contribution in [-0.2, 0) is 6.54 Å². The Balaban J connectivity index is 1.86. The van der Waals surface area contributed by atoms with Gasteiger partial charge in [0.15, 0.2) is 0 Å². The van der Waals surface area contributed by atoms with Gasteiger partial charge in [-0.2, -0.15) is 0 Å². The third kappa shape index (κ3) is 4.55. The second kappa shape index (κ2) is 6.96. The van der Waals surface area contributed by atoms with Gasteiger partial charge in [0, 0.05) is 19.1 Å². The Morgan fingerprint density at radius 2 is 2.16 bits per heavy atom. The molecule has 1 unspecified atom stereocenters. The van der Waals surface area contributed by atoms with Crippen molar-refractivity contribution in [2.45, 2.75) is 38.8 Å². The predicted molar refractivity (Wildman–Crippen MR) is 73.5 cm³/mol. The molecular weight excluding hydrogens is 246 g/mol. The molecule has 1 aliphatic heterocycles. The molecule has 1 atom stereocenters. The maximum atomic E-state index is 12.2. The Labute approximate surface area is 113 Å². The van der Waals surface area contributed by atoms with E-state index in [0.717, 1.165) is 32.5 Å². The number of rotatable bonds is 5. The first-order valence-corrected chi connectivity index (χ1v) is 6.93. The second-order valence-corrected chi connectivity index (χ2v) is 5.30. The van der Waals surface area contributed by atoms with Crippen LogP contribution in [0.2, 0.25) is 0 Å². The smallest absolute Gasteiger partial charge is 0.250 e. The van der Waals surface area contributed by atoms with Crippen molar-refractivity contribution >= 4 is 0 Å².